The Bertz CT molecular complexity index is 345. The van der Waals surface area contributed by atoms with Crippen LogP contribution in [0.3, 0.4) is 0 Å². The third-order valence-electron chi connectivity index (χ3n) is 3.80. The number of hydrogen-bond acceptors (Lipinski definition) is 3. The molecule has 0 unspecified atom stereocenters. The molecular weight excluding hydrogens is 230 g/mol. The smallest absolute Gasteiger partial charge is 0.410 e. The Kier molecular flexibility index (Phi) is 3.64. The number of nitrogens with zero attached hydrogens (tertiary/aromatic N) is 1. The number of likely N-dealkylation sites (tertiary alicyclic amines) is 1. The maximum absolute atomic E-state index is 12.0. The second kappa shape index (κ2) is 4.90. The van der Waals surface area contributed by atoms with E-state index in [4.69, 9.17) is 4.74 Å². The van der Waals surface area contributed by atoms with Crippen molar-refractivity contribution in [1.82, 2.24) is 4.90 Å². The van der Waals surface area contributed by atoms with Gasteiger partial charge in [0.15, 0.2) is 0 Å². The zero-order valence-electron chi connectivity index (χ0n) is 11.6. The van der Waals surface area contributed by atoms with E-state index in [2.05, 4.69) is 0 Å². The van der Waals surface area contributed by atoms with E-state index in [-0.39, 0.29) is 12.0 Å². The predicted octanol–water partition coefficient (Wildman–Crippen LogP) is 2.61. The standard InChI is InChI=1S/C14H23NO3/c1-14(2,3)18-13(17)15-8-7-11-10(9-15)5-4-6-12(11)16/h10-11H,4-9H2,1-3H3/t10-,11+/m0/s1. The summed E-state index contributed by atoms with van der Waals surface area (Å²) in [6.45, 7) is 6.97. The molecule has 18 heavy (non-hydrogen) atoms. The molecule has 1 saturated heterocycles. The summed E-state index contributed by atoms with van der Waals surface area (Å²) in [6.07, 6.45) is 3.34. The van der Waals surface area contributed by atoms with Gasteiger partial charge in [-0.15, -0.1) is 0 Å². The zero-order chi connectivity index (χ0) is 13.3. The number of Topliss-reactive ketones (excluding diaryl/α,β-unsaturated/α-hetero) is 1. The minimum atomic E-state index is -0.448. The summed E-state index contributed by atoms with van der Waals surface area (Å²) in [7, 11) is 0. The molecule has 4 nitrogen and oxygen atoms in total. The SMILES string of the molecule is CC(C)(C)OC(=O)N1CC[C@H]2C(=O)CCC[C@H]2C1. The average Bonchev–Trinajstić information content (AvgIpc) is 2.26. The van der Waals surface area contributed by atoms with E-state index in [9.17, 15) is 9.59 Å². The topological polar surface area (TPSA) is 46.6 Å². The summed E-state index contributed by atoms with van der Waals surface area (Å²) in [5.74, 6) is 0.944. The van der Waals surface area contributed by atoms with Crippen molar-refractivity contribution in [2.75, 3.05) is 13.1 Å². The largest absolute Gasteiger partial charge is 0.444 e. The molecule has 2 fully saturated rings. The molecule has 0 aromatic carbocycles. The highest BCUT2D eigenvalue weighted by molar-refractivity contribution is 5.82. The predicted molar refractivity (Wildman–Crippen MR) is 68.3 cm³/mol. The lowest BCUT2D eigenvalue weighted by atomic mass is 9.74. The van der Waals surface area contributed by atoms with Crippen LogP contribution < -0.4 is 0 Å². The highest BCUT2D eigenvalue weighted by Crippen LogP contribution is 2.34. The highest BCUT2D eigenvalue weighted by atomic mass is 16.6. The summed E-state index contributed by atoms with van der Waals surface area (Å²) >= 11 is 0. The van der Waals surface area contributed by atoms with Gasteiger partial charge in [0, 0.05) is 25.4 Å². The van der Waals surface area contributed by atoms with Crippen molar-refractivity contribution < 1.29 is 14.3 Å². The summed E-state index contributed by atoms with van der Waals surface area (Å²) < 4.78 is 5.39. The van der Waals surface area contributed by atoms with Gasteiger partial charge >= 0.3 is 6.09 Å². The molecule has 4 heteroatoms. The van der Waals surface area contributed by atoms with Crippen LogP contribution in [0, 0.1) is 11.8 Å². The minimum Gasteiger partial charge on any atom is -0.444 e. The number of ether oxygens (including phenoxy) is 1. The van der Waals surface area contributed by atoms with E-state index in [1.807, 2.05) is 20.8 Å². The van der Waals surface area contributed by atoms with Gasteiger partial charge in [-0.25, -0.2) is 4.79 Å². The molecule has 1 amide bonds. The Labute approximate surface area is 109 Å². The third kappa shape index (κ3) is 3.03. The van der Waals surface area contributed by atoms with Crippen LogP contribution in [0.1, 0.15) is 46.5 Å². The molecular formula is C14H23NO3. The van der Waals surface area contributed by atoms with Gasteiger partial charge in [-0.05, 0) is 46.0 Å². The number of carbonyl (C=O) groups is 2. The van der Waals surface area contributed by atoms with Crippen molar-refractivity contribution in [3.05, 3.63) is 0 Å². The van der Waals surface area contributed by atoms with E-state index >= 15 is 0 Å². The Morgan fingerprint density at radius 1 is 1.33 bits per heavy atom. The van der Waals surface area contributed by atoms with Gasteiger partial charge in [-0.3, -0.25) is 4.79 Å². The molecule has 0 bridgehead atoms. The maximum Gasteiger partial charge on any atom is 0.410 e. The first kappa shape index (κ1) is 13.4. The van der Waals surface area contributed by atoms with Crippen LogP contribution in [0.15, 0.2) is 0 Å². The molecule has 102 valence electrons. The Balaban J connectivity index is 1.94. The number of fused-ring (bicyclic) bond motifs is 1. The number of ketones is 1. The van der Waals surface area contributed by atoms with Gasteiger partial charge < -0.3 is 9.64 Å². The third-order valence-corrected chi connectivity index (χ3v) is 3.80. The Hall–Kier alpha value is -1.06. The summed E-state index contributed by atoms with van der Waals surface area (Å²) in [4.78, 5) is 25.6. The van der Waals surface area contributed by atoms with Gasteiger partial charge in [0.05, 0.1) is 0 Å². The fourth-order valence-electron chi connectivity index (χ4n) is 2.96. The molecule has 0 aromatic rings. The number of carbonyl (C=O) groups excluding carboxylic acids is 2. The van der Waals surface area contributed by atoms with Crippen LogP contribution in [-0.4, -0.2) is 35.5 Å². The molecule has 2 aliphatic rings. The van der Waals surface area contributed by atoms with Gasteiger partial charge in [-0.1, -0.05) is 0 Å². The minimum absolute atomic E-state index is 0.192. The van der Waals surface area contributed by atoms with Gasteiger partial charge in [0.1, 0.15) is 11.4 Å². The van der Waals surface area contributed by atoms with Crippen molar-refractivity contribution in [3.63, 3.8) is 0 Å². The lowest BCUT2D eigenvalue weighted by Crippen LogP contribution is -2.48. The van der Waals surface area contributed by atoms with E-state index in [0.29, 0.717) is 24.8 Å². The Morgan fingerprint density at radius 2 is 2.06 bits per heavy atom. The van der Waals surface area contributed by atoms with Gasteiger partial charge in [-0.2, -0.15) is 0 Å². The van der Waals surface area contributed by atoms with Crippen LogP contribution in [0.4, 0.5) is 4.79 Å². The summed E-state index contributed by atoms with van der Waals surface area (Å²) in [6, 6.07) is 0. The molecule has 2 atom stereocenters. The lowest BCUT2D eigenvalue weighted by Gasteiger charge is -2.40. The van der Waals surface area contributed by atoms with Crippen molar-refractivity contribution in [2.45, 2.75) is 52.1 Å². The molecule has 1 saturated carbocycles. The summed E-state index contributed by atoms with van der Waals surface area (Å²) in [5.41, 5.74) is -0.448. The number of rotatable bonds is 0. The van der Waals surface area contributed by atoms with E-state index < -0.39 is 5.60 Å². The molecule has 1 aliphatic heterocycles. The fourth-order valence-corrected chi connectivity index (χ4v) is 2.96. The van der Waals surface area contributed by atoms with Crippen LogP contribution in [-0.2, 0) is 9.53 Å². The number of amides is 1. The monoisotopic (exact) mass is 253 g/mol. The molecule has 0 radical (unpaired) electrons. The normalized spacial score (nSPS) is 28.8. The van der Waals surface area contributed by atoms with Crippen molar-refractivity contribution >= 4 is 11.9 Å². The first-order chi connectivity index (χ1) is 8.37. The maximum atomic E-state index is 12.0. The Morgan fingerprint density at radius 3 is 2.72 bits per heavy atom. The highest BCUT2D eigenvalue weighted by Gasteiger charge is 2.38. The van der Waals surface area contributed by atoms with Gasteiger partial charge in [0.2, 0.25) is 0 Å². The zero-order valence-corrected chi connectivity index (χ0v) is 11.6. The number of piperidine rings is 1. The molecule has 1 aliphatic carbocycles. The second-order valence-electron chi connectivity index (χ2n) is 6.44. The van der Waals surface area contributed by atoms with Crippen LogP contribution >= 0.6 is 0 Å². The van der Waals surface area contributed by atoms with E-state index in [1.54, 1.807) is 4.90 Å². The second-order valence-corrected chi connectivity index (χ2v) is 6.44. The lowest BCUT2D eigenvalue weighted by molar-refractivity contribution is -0.129. The quantitative estimate of drug-likeness (QED) is 0.666. The van der Waals surface area contributed by atoms with E-state index in [1.165, 1.54) is 0 Å². The molecule has 0 aromatic heterocycles. The van der Waals surface area contributed by atoms with Crippen LogP contribution in [0.5, 0.6) is 0 Å². The van der Waals surface area contributed by atoms with E-state index in [0.717, 1.165) is 25.7 Å². The van der Waals surface area contributed by atoms with Crippen molar-refractivity contribution in [1.29, 1.82) is 0 Å². The molecule has 1 heterocycles. The van der Waals surface area contributed by atoms with Crippen LogP contribution in [0.2, 0.25) is 0 Å². The molecule has 2 rings (SSSR count). The van der Waals surface area contributed by atoms with Crippen molar-refractivity contribution in [2.24, 2.45) is 11.8 Å². The first-order valence-electron chi connectivity index (χ1n) is 6.87. The van der Waals surface area contributed by atoms with Gasteiger partial charge in [0.25, 0.3) is 0 Å². The summed E-state index contributed by atoms with van der Waals surface area (Å²) in [5, 5.41) is 0. The number of hydrogen-bond donors (Lipinski definition) is 0. The molecule has 0 N–H and O–H groups in total. The van der Waals surface area contributed by atoms with Crippen molar-refractivity contribution in [3.8, 4) is 0 Å². The fraction of sp³-hybridized carbons (Fsp3) is 0.857. The van der Waals surface area contributed by atoms with Crippen LogP contribution in [0.25, 0.3) is 0 Å². The first-order valence-corrected chi connectivity index (χ1v) is 6.87. The average molecular weight is 253 g/mol. The molecule has 0 spiro atoms.